The molecule has 13 heavy (non-hydrogen) atoms. The van der Waals surface area contributed by atoms with Crippen molar-refractivity contribution in [3.05, 3.63) is 23.0 Å². The Morgan fingerprint density at radius 1 is 1.77 bits per heavy atom. The number of rotatable bonds is 2. The van der Waals surface area contributed by atoms with Gasteiger partial charge in [0.2, 0.25) is 5.91 Å². The van der Waals surface area contributed by atoms with Gasteiger partial charge in [0.25, 0.3) is 0 Å². The van der Waals surface area contributed by atoms with Crippen molar-refractivity contribution in [2.45, 2.75) is 6.92 Å². The van der Waals surface area contributed by atoms with Gasteiger partial charge in [-0.1, -0.05) is 27.5 Å². The van der Waals surface area contributed by atoms with Crippen LogP contribution in [-0.4, -0.2) is 16.2 Å². The van der Waals surface area contributed by atoms with Gasteiger partial charge in [-0.3, -0.25) is 4.79 Å². The predicted molar refractivity (Wildman–Crippen MR) is 56.4 cm³/mol. The van der Waals surface area contributed by atoms with E-state index in [0.717, 1.165) is 5.56 Å². The average Bonchev–Trinajstić information content (AvgIpc) is 2.11. The SMILES string of the molecule is Cc1cnc(Cl)c(NC(=O)CBr)c1. The molecule has 0 unspecified atom stereocenters. The fourth-order valence-electron chi connectivity index (χ4n) is 0.824. The van der Waals surface area contributed by atoms with Crippen molar-refractivity contribution in [3.8, 4) is 0 Å². The summed E-state index contributed by atoms with van der Waals surface area (Å²) in [5.41, 5.74) is 1.50. The van der Waals surface area contributed by atoms with Crippen molar-refractivity contribution in [1.29, 1.82) is 0 Å². The molecular formula is C8H8BrClN2O. The molecule has 0 aliphatic rings. The molecule has 0 radical (unpaired) electrons. The van der Waals surface area contributed by atoms with E-state index in [9.17, 15) is 4.79 Å². The summed E-state index contributed by atoms with van der Waals surface area (Å²) >= 11 is 8.80. The van der Waals surface area contributed by atoms with Crippen molar-refractivity contribution in [3.63, 3.8) is 0 Å². The molecule has 5 heteroatoms. The highest BCUT2D eigenvalue weighted by atomic mass is 79.9. The Labute approximate surface area is 89.6 Å². The van der Waals surface area contributed by atoms with Crippen molar-refractivity contribution in [2.24, 2.45) is 0 Å². The zero-order chi connectivity index (χ0) is 9.84. The van der Waals surface area contributed by atoms with Crippen molar-refractivity contribution in [2.75, 3.05) is 10.6 Å². The maximum absolute atomic E-state index is 11.0. The number of nitrogens with one attached hydrogen (secondary N) is 1. The van der Waals surface area contributed by atoms with Gasteiger partial charge in [0.05, 0.1) is 11.0 Å². The van der Waals surface area contributed by atoms with E-state index in [-0.39, 0.29) is 11.2 Å². The molecule has 0 saturated carbocycles. The van der Waals surface area contributed by atoms with Crippen LogP contribution < -0.4 is 5.32 Å². The van der Waals surface area contributed by atoms with Gasteiger partial charge in [0.15, 0.2) is 5.15 Å². The number of alkyl halides is 1. The van der Waals surface area contributed by atoms with Crippen molar-refractivity contribution >= 4 is 39.1 Å². The fraction of sp³-hybridized carbons (Fsp3) is 0.250. The van der Waals surface area contributed by atoms with Gasteiger partial charge in [-0.05, 0) is 18.6 Å². The highest BCUT2D eigenvalue weighted by molar-refractivity contribution is 9.09. The smallest absolute Gasteiger partial charge is 0.235 e. The Balaban J connectivity index is 2.87. The van der Waals surface area contributed by atoms with Crippen molar-refractivity contribution in [1.82, 2.24) is 4.98 Å². The van der Waals surface area contributed by atoms with E-state index in [1.54, 1.807) is 12.3 Å². The quantitative estimate of drug-likeness (QED) is 0.657. The summed E-state index contributed by atoms with van der Waals surface area (Å²) in [6.07, 6.45) is 1.64. The maximum Gasteiger partial charge on any atom is 0.235 e. The summed E-state index contributed by atoms with van der Waals surface area (Å²) in [5, 5.41) is 3.17. The lowest BCUT2D eigenvalue weighted by Crippen LogP contribution is -2.13. The lowest BCUT2D eigenvalue weighted by Gasteiger charge is -2.04. The molecule has 0 spiro atoms. The number of pyridine rings is 1. The molecule has 70 valence electrons. The molecule has 0 fully saturated rings. The molecule has 1 amide bonds. The molecule has 1 rings (SSSR count). The molecule has 1 heterocycles. The number of aromatic nitrogens is 1. The maximum atomic E-state index is 11.0. The summed E-state index contributed by atoms with van der Waals surface area (Å²) in [6.45, 7) is 1.88. The van der Waals surface area contributed by atoms with Gasteiger partial charge < -0.3 is 5.32 Å². The minimum absolute atomic E-state index is 0.144. The third kappa shape index (κ3) is 2.97. The molecule has 1 N–H and O–H groups in total. The number of hydrogen-bond donors (Lipinski definition) is 1. The first-order chi connectivity index (χ1) is 6.13. The van der Waals surface area contributed by atoms with Crippen LogP contribution in [-0.2, 0) is 4.79 Å². The summed E-state index contributed by atoms with van der Waals surface area (Å²) in [5.74, 6) is -0.144. The predicted octanol–water partition coefficient (Wildman–Crippen LogP) is 2.38. The van der Waals surface area contributed by atoms with Crippen LogP contribution in [0.25, 0.3) is 0 Å². The monoisotopic (exact) mass is 262 g/mol. The number of hydrogen-bond acceptors (Lipinski definition) is 2. The number of amides is 1. The van der Waals surface area contributed by atoms with E-state index in [1.807, 2.05) is 6.92 Å². The highest BCUT2D eigenvalue weighted by Gasteiger charge is 2.04. The first-order valence-electron chi connectivity index (χ1n) is 3.61. The van der Waals surface area contributed by atoms with E-state index in [0.29, 0.717) is 10.8 Å². The number of anilines is 1. The Hall–Kier alpha value is -0.610. The molecule has 0 aliphatic carbocycles. The largest absolute Gasteiger partial charge is 0.323 e. The zero-order valence-corrected chi connectivity index (χ0v) is 9.32. The zero-order valence-electron chi connectivity index (χ0n) is 6.97. The Bertz CT molecular complexity index is 330. The van der Waals surface area contributed by atoms with Gasteiger partial charge in [0.1, 0.15) is 0 Å². The molecule has 0 atom stereocenters. The normalized spacial score (nSPS) is 9.77. The molecular weight excluding hydrogens is 255 g/mol. The van der Waals surface area contributed by atoms with Crippen LogP contribution in [0.2, 0.25) is 5.15 Å². The number of carbonyl (C=O) groups is 1. The number of carbonyl (C=O) groups excluding carboxylic acids is 1. The van der Waals surface area contributed by atoms with Gasteiger partial charge in [0, 0.05) is 6.20 Å². The molecule has 0 saturated heterocycles. The highest BCUT2D eigenvalue weighted by Crippen LogP contribution is 2.19. The van der Waals surface area contributed by atoms with Crippen LogP contribution in [0, 0.1) is 6.92 Å². The second-order valence-corrected chi connectivity index (χ2v) is 3.45. The summed E-state index contributed by atoms with van der Waals surface area (Å²) in [7, 11) is 0. The minimum Gasteiger partial charge on any atom is -0.323 e. The van der Waals surface area contributed by atoms with E-state index in [2.05, 4.69) is 26.2 Å². The van der Waals surface area contributed by atoms with E-state index in [4.69, 9.17) is 11.6 Å². The average molecular weight is 264 g/mol. The summed E-state index contributed by atoms with van der Waals surface area (Å²) in [6, 6.07) is 1.77. The first-order valence-corrected chi connectivity index (χ1v) is 5.11. The molecule has 1 aromatic rings. The van der Waals surface area contributed by atoms with Gasteiger partial charge >= 0.3 is 0 Å². The topological polar surface area (TPSA) is 42.0 Å². The van der Waals surface area contributed by atoms with E-state index in [1.165, 1.54) is 0 Å². The summed E-state index contributed by atoms with van der Waals surface area (Å²) in [4.78, 5) is 14.9. The third-order valence-electron chi connectivity index (χ3n) is 1.37. The van der Waals surface area contributed by atoms with Crippen LogP contribution in [0.4, 0.5) is 5.69 Å². The second-order valence-electron chi connectivity index (χ2n) is 2.53. The molecule has 0 aliphatic heterocycles. The van der Waals surface area contributed by atoms with Crippen LogP contribution in [0.15, 0.2) is 12.3 Å². The van der Waals surface area contributed by atoms with Crippen LogP contribution in [0.5, 0.6) is 0 Å². The van der Waals surface area contributed by atoms with E-state index < -0.39 is 0 Å². The van der Waals surface area contributed by atoms with Crippen LogP contribution >= 0.6 is 27.5 Å². The van der Waals surface area contributed by atoms with Gasteiger partial charge in [-0.25, -0.2) is 4.98 Å². The molecule has 0 aromatic carbocycles. The van der Waals surface area contributed by atoms with Gasteiger partial charge in [-0.15, -0.1) is 0 Å². The minimum atomic E-state index is -0.144. The van der Waals surface area contributed by atoms with E-state index >= 15 is 0 Å². The van der Waals surface area contributed by atoms with Crippen LogP contribution in [0.1, 0.15) is 5.56 Å². The van der Waals surface area contributed by atoms with Crippen LogP contribution in [0.3, 0.4) is 0 Å². The summed E-state index contributed by atoms with van der Waals surface area (Å²) < 4.78 is 0. The standard InChI is InChI=1S/C8H8BrClN2O/c1-5-2-6(8(10)11-4-5)12-7(13)3-9/h2,4H,3H2,1H3,(H,12,13). The molecule has 3 nitrogen and oxygen atoms in total. The fourth-order valence-corrected chi connectivity index (χ4v) is 1.11. The third-order valence-corrected chi connectivity index (χ3v) is 2.18. The number of aryl methyl sites for hydroxylation is 1. The Kier molecular flexibility index (Phi) is 3.69. The number of halogens is 2. The Morgan fingerprint density at radius 2 is 2.46 bits per heavy atom. The lowest BCUT2D eigenvalue weighted by molar-refractivity contribution is -0.113. The lowest BCUT2D eigenvalue weighted by atomic mass is 10.3. The number of nitrogens with zero attached hydrogens (tertiary/aromatic N) is 1. The first kappa shape index (κ1) is 10.5. The van der Waals surface area contributed by atoms with Crippen molar-refractivity contribution < 1.29 is 4.79 Å². The van der Waals surface area contributed by atoms with Gasteiger partial charge in [-0.2, -0.15) is 0 Å². The molecule has 1 aromatic heterocycles. The second kappa shape index (κ2) is 4.58. The molecule has 0 bridgehead atoms. The Morgan fingerprint density at radius 3 is 3.08 bits per heavy atom.